The van der Waals surface area contributed by atoms with Gasteiger partial charge in [0.2, 0.25) is 5.91 Å². The van der Waals surface area contributed by atoms with E-state index in [9.17, 15) is 61.0 Å². The zero-order valence-corrected chi connectivity index (χ0v) is 68.0. The van der Waals surface area contributed by atoms with E-state index in [1.807, 2.05) is 6.08 Å². The lowest BCUT2D eigenvalue weighted by atomic mass is 9.96. The molecule has 12 N–H and O–H groups in total. The van der Waals surface area contributed by atoms with Crippen LogP contribution in [0, 0.1) is 0 Å². The fraction of sp³-hybridized carbons (Fsp3) is 0.811. The van der Waals surface area contributed by atoms with E-state index >= 15 is 0 Å². The molecule has 3 rings (SSSR count). The Balaban J connectivity index is 1.34. The molecule has 3 aliphatic rings. The number of rotatable bonds is 70. The number of ether oxygens (including phenoxy) is 6. The second-order valence-electron chi connectivity index (χ2n) is 31.0. The number of carbonyl (C=O) groups is 1. The highest BCUT2D eigenvalue weighted by molar-refractivity contribution is 5.76. The summed E-state index contributed by atoms with van der Waals surface area (Å²) in [6.07, 6.45) is 68.4. The molecule has 1 amide bonds. The first-order valence-electron chi connectivity index (χ1n) is 44.0. The molecule has 19 nitrogen and oxygen atoms in total. The lowest BCUT2D eigenvalue weighted by Crippen LogP contribution is -2.66. The standard InChI is InChI=1S/C90H159NO18/c1-3-5-7-9-11-13-15-17-19-21-23-25-27-29-31-32-33-34-35-36-37-38-39-40-42-44-46-48-50-52-54-56-58-60-62-64-66-68-78(96)91-73(74(95)67-65-63-61-59-57-55-53-51-49-47-45-43-41-30-28-26-24-22-20-18-16-14-12-10-8-6-4-2)72-104-88-84(102)81(99)86(76(70-93)106-88)109-90-85(103)82(100)87(77(71-94)107-90)108-89-83(101)80(98)79(97)75(69-92)105-89/h5,7,11,13,17,19,23,25,29,31,33-34,57,59,65,67,73-77,79-90,92-95,97-103H,3-4,6,8-10,12,14-16,18,20-22,24,26-28,30,32,35-56,58,60-64,66,68-72H2,1-2H3,(H,91,96)/b7-5-,13-11-,19-17-,25-23-,31-29-,34-33-,59-57+,67-65+. The van der Waals surface area contributed by atoms with Crippen molar-refractivity contribution in [3.63, 3.8) is 0 Å². The van der Waals surface area contributed by atoms with Gasteiger partial charge in [-0.3, -0.25) is 4.79 Å². The first-order valence-corrected chi connectivity index (χ1v) is 44.0. The SMILES string of the molecule is CC/C=C\C/C=C\C/C=C\C/C=C\C/C=C\C/C=C\CCCCCCCCCCCCCCCCCCCCC(=O)NC(COC1OC(CO)C(OC2OC(CO)C(OC3OC(CO)C(O)C(O)C3O)C(O)C2O)C(O)C1O)C(O)/C=C/CC/C=C/CCCCCCCCCCCCCCCCCCCCCCC. The lowest BCUT2D eigenvalue weighted by molar-refractivity contribution is -0.379. The third-order valence-corrected chi connectivity index (χ3v) is 21.4. The number of carbonyl (C=O) groups excluding carboxylic acids is 1. The Morgan fingerprint density at radius 3 is 1.03 bits per heavy atom. The van der Waals surface area contributed by atoms with Crippen LogP contribution >= 0.6 is 0 Å². The largest absolute Gasteiger partial charge is 0.394 e. The average Bonchev–Trinajstić information content (AvgIpc) is 0.760. The van der Waals surface area contributed by atoms with Crippen molar-refractivity contribution in [3.8, 4) is 0 Å². The number of hydrogen-bond donors (Lipinski definition) is 12. The Bertz CT molecular complexity index is 2340. The summed E-state index contributed by atoms with van der Waals surface area (Å²) in [7, 11) is 0. The smallest absolute Gasteiger partial charge is 0.220 e. The number of allylic oxidation sites excluding steroid dienone is 15. The van der Waals surface area contributed by atoms with Crippen molar-refractivity contribution in [2.24, 2.45) is 0 Å². The van der Waals surface area contributed by atoms with Gasteiger partial charge in [-0.2, -0.15) is 0 Å². The van der Waals surface area contributed by atoms with Gasteiger partial charge in [0.15, 0.2) is 18.9 Å². The lowest BCUT2D eigenvalue weighted by Gasteiger charge is -2.48. The van der Waals surface area contributed by atoms with Crippen molar-refractivity contribution in [3.05, 3.63) is 97.2 Å². The molecular formula is C90H159NO18. The molecule has 3 aliphatic heterocycles. The van der Waals surface area contributed by atoms with E-state index in [-0.39, 0.29) is 18.9 Å². The van der Waals surface area contributed by atoms with Crippen molar-refractivity contribution in [2.45, 2.75) is 439 Å². The number of hydrogen-bond acceptors (Lipinski definition) is 18. The van der Waals surface area contributed by atoms with Gasteiger partial charge < -0.3 is 89.9 Å². The average molecular weight is 1540 g/mol. The second-order valence-corrected chi connectivity index (χ2v) is 31.0. The van der Waals surface area contributed by atoms with Gasteiger partial charge in [0.05, 0.1) is 38.6 Å². The van der Waals surface area contributed by atoms with Crippen molar-refractivity contribution < 1.29 is 89.4 Å². The molecule has 17 unspecified atom stereocenters. The molecule has 3 heterocycles. The van der Waals surface area contributed by atoms with E-state index in [2.05, 4.69) is 104 Å². The highest BCUT2D eigenvalue weighted by Crippen LogP contribution is 2.33. The summed E-state index contributed by atoms with van der Waals surface area (Å²) >= 11 is 0. The molecule has 0 aliphatic carbocycles. The normalized spacial score (nSPS) is 25.8. The molecule has 0 spiro atoms. The van der Waals surface area contributed by atoms with Gasteiger partial charge in [0, 0.05) is 6.42 Å². The topological polar surface area (TPSA) is 307 Å². The van der Waals surface area contributed by atoms with E-state index in [1.165, 1.54) is 225 Å². The molecule has 3 fully saturated rings. The van der Waals surface area contributed by atoms with E-state index < -0.39 is 124 Å². The highest BCUT2D eigenvalue weighted by atomic mass is 16.8. The zero-order chi connectivity index (χ0) is 78.8. The summed E-state index contributed by atoms with van der Waals surface area (Å²) in [5.41, 5.74) is 0. The molecule has 3 saturated heterocycles. The Hall–Kier alpha value is -3.29. The summed E-state index contributed by atoms with van der Waals surface area (Å²) in [4.78, 5) is 13.5. The van der Waals surface area contributed by atoms with Crippen molar-refractivity contribution >= 4 is 5.91 Å². The molecule has 0 aromatic carbocycles. The summed E-state index contributed by atoms with van der Waals surface area (Å²) in [6.45, 7) is 1.64. The molecule has 0 saturated carbocycles. The van der Waals surface area contributed by atoms with E-state index in [0.717, 1.165) is 77.0 Å². The van der Waals surface area contributed by atoms with Crippen LogP contribution in [0.15, 0.2) is 97.2 Å². The first-order chi connectivity index (χ1) is 53.3. The molecule has 0 aromatic heterocycles. The summed E-state index contributed by atoms with van der Waals surface area (Å²) < 4.78 is 34.5. The van der Waals surface area contributed by atoms with Crippen LogP contribution in [0.3, 0.4) is 0 Å². The van der Waals surface area contributed by atoms with Crippen LogP contribution in [0.1, 0.15) is 335 Å². The maximum absolute atomic E-state index is 13.5. The predicted octanol–water partition coefficient (Wildman–Crippen LogP) is 16.3. The van der Waals surface area contributed by atoms with E-state index in [4.69, 9.17) is 28.4 Å². The Morgan fingerprint density at radius 2 is 0.642 bits per heavy atom. The summed E-state index contributed by atoms with van der Waals surface area (Å²) in [5, 5.41) is 121. The molecule has 0 aromatic rings. The van der Waals surface area contributed by atoms with E-state index in [1.54, 1.807) is 6.08 Å². The Kier molecular flexibility index (Phi) is 63.3. The van der Waals surface area contributed by atoms with Crippen LogP contribution in [0.4, 0.5) is 0 Å². The van der Waals surface area contributed by atoms with Crippen molar-refractivity contribution in [2.75, 3.05) is 26.4 Å². The number of aliphatic hydroxyl groups is 11. The molecule has 19 heteroatoms. The highest BCUT2D eigenvalue weighted by Gasteiger charge is 2.54. The fourth-order valence-electron chi connectivity index (χ4n) is 14.4. The minimum atomic E-state index is -1.98. The molecule has 17 atom stereocenters. The van der Waals surface area contributed by atoms with Crippen LogP contribution in [-0.2, 0) is 33.2 Å². The van der Waals surface area contributed by atoms with Crippen LogP contribution in [0.2, 0.25) is 0 Å². The van der Waals surface area contributed by atoms with Crippen LogP contribution in [-0.4, -0.2) is 193 Å². The molecule has 0 radical (unpaired) electrons. The van der Waals surface area contributed by atoms with Crippen LogP contribution < -0.4 is 5.32 Å². The maximum atomic E-state index is 13.5. The van der Waals surface area contributed by atoms with Gasteiger partial charge in [-0.25, -0.2) is 0 Å². The summed E-state index contributed by atoms with van der Waals surface area (Å²) in [6, 6.07) is -0.996. The van der Waals surface area contributed by atoms with Crippen molar-refractivity contribution in [1.82, 2.24) is 5.32 Å². The molecular weight excluding hydrogens is 1380 g/mol. The van der Waals surface area contributed by atoms with Gasteiger partial charge >= 0.3 is 0 Å². The second kappa shape index (κ2) is 69.1. The minimum absolute atomic E-state index is 0.234. The Morgan fingerprint density at radius 1 is 0.339 bits per heavy atom. The van der Waals surface area contributed by atoms with Gasteiger partial charge in [-0.1, -0.05) is 342 Å². The van der Waals surface area contributed by atoms with Gasteiger partial charge in [-0.15, -0.1) is 0 Å². The third kappa shape index (κ3) is 48.0. The van der Waals surface area contributed by atoms with Crippen molar-refractivity contribution in [1.29, 1.82) is 0 Å². The quantitative estimate of drug-likeness (QED) is 0.0199. The van der Waals surface area contributed by atoms with Gasteiger partial charge in [0.1, 0.15) is 73.2 Å². The maximum Gasteiger partial charge on any atom is 0.220 e. The molecule has 109 heavy (non-hydrogen) atoms. The van der Waals surface area contributed by atoms with Crippen LogP contribution in [0.25, 0.3) is 0 Å². The number of amides is 1. The first kappa shape index (κ1) is 99.9. The minimum Gasteiger partial charge on any atom is -0.394 e. The van der Waals surface area contributed by atoms with Crippen LogP contribution in [0.5, 0.6) is 0 Å². The van der Waals surface area contributed by atoms with Gasteiger partial charge in [0.25, 0.3) is 0 Å². The molecule has 0 bridgehead atoms. The fourth-order valence-corrected chi connectivity index (χ4v) is 14.4. The summed E-state index contributed by atoms with van der Waals surface area (Å²) in [5.74, 6) is -0.283. The Labute approximate surface area is 660 Å². The monoisotopic (exact) mass is 1540 g/mol. The number of unbranched alkanes of at least 4 members (excludes halogenated alkanes) is 40. The number of aliphatic hydroxyl groups excluding tert-OH is 11. The third-order valence-electron chi connectivity index (χ3n) is 21.4. The van der Waals surface area contributed by atoms with E-state index in [0.29, 0.717) is 12.8 Å². The zero-order valence-electron chi connectivity index (χ0n) is 68.0. The molecule has 632 valence electrons. The van der Waals surface area contributed by atoms with Gasteiger partial charge in [-0.05, 0) is 83.5 Å². The number of nitrogens with one attached hydrogen (secondary N) is 1. The predicted molar refractivity (Wildman–Crippen MR) is 438 cm³/mol.